The SMILES string of the molecule is Cc1cc(NCCCOCc2ccccc2)n2ncnc2n1. The van der Waals surface area contributed by atoms with Crippen LogP contribution in [0, 0.1) is 6.92 Å². The van der Waals surface area contributed by atoms with Crippen molar-refractivity contribution in [2.24, 2.45) is 0 Å². The summed E-state index contributed by atoms with van der Waals surface area (Å²) >= 11 is 0. The molecule has 0 saturated heterocycles. The third-order valence-corrected chi connectivity index (χ3v) is 3.26. The summed E-state index contributed by atoms with van der Waals surface area (Å²) in [7, 11) is 0. The first-order valence-corrected chi connectivity index (χ1v) is 7.36. The summed E-state index contributed by atoms with van der Waals surface area (Å²) in [6.07, 6.45) is 2.43. The minimum atomic E-state index is 0.614. The molecule has 22 heavy (non-hydrogen) atoms. The highest BCUT2D eigenvalue weighted by atomic mass is 16.5. The van der Waals surface area contributed by atoms with Crippen LogP contribution in [0.25, 0.3) is 5.78 Å². The Labute approximate surface area is 129 Å². The summed E-state index contributed by atoms with van der Waals surface area (Å²) in [5, 5.41) is 7.52. The first-order valence-electron chi connectivity index (χ1n) is 7.36. The number of aryl methyl sites for hydroxylation is 1. The second-order valence-electron chi connectivity index (χ2n) is 5.07. The predicted octanol–water partition coefficient (Wildman–Crippen LogP) is 2.45. The van der Waals surface area contributed by atoms with E-state index >= 15 is 0 Å². The van der Waals surface area contributed by atoms with Crippen LogP contribution in [0.15, 0.2) is 42.7 Å². The summed E-state index contributed by atoms with van der Waals surface area (Å²) < 4.78 is 7.37. The third kappa shape index (κ3) is 3.59. The maximum atomic E-state index is 5.67. The molecule has 0 unspecified atom stereocenters. The fourth-order valence-electron chi connectivity index (χ4n) is 2.21. The van der Waals surface area contributed by atoms with Gasteiger partial charge in [-0.25, -0.2) is 4.98 Å². The molecule has 1 N–H and O–H groups in total. The van der Waals surface area contributed by atoms with Crippen LogP contribution in [0.2, 0.25) is 0 Å². The average Bonchev–Trinajstić information content (AvgIpc) is 3.00. The van der Waals surface area contributed by atoms with Gasteiger partial charge >= 0.3 is 0 Å². The molecule has 0 amide bonds. The highest BCUT2D eigenvalue weighted by Gasteiger charge is 2.04. The number of rotatable bonds is 7. The van der Waals surface area contributed by atoms with Crippen LogP contribution in [0.4, 0.5) is 5.82 Å². The number of benzene rings is 1. The number of hydrogen-bond donors (Lipinski definition) is 1. The lowest BCUT2D eigenvalue weighted by Gasteiger charge is -2.09. The molecule has 0 aliphatic rings. The van der Waals surface area contributed by atoms with E-state index in [-0.39, 0.29) is 0 Å². The van der Waals surface area contributed by atoms with Gasteiger partial charge in [-0.2, -0.15) is 14.6 Å². The number of anilines is 1. The molecule has 114 valence electrons. The summed E-state index contributed by atoms with van der Waals surface area (Å²) in [5.41, 5.74) is 2.12. The predicted molar refractivity (Wildman–Crippen MR) is 84.7 cm³/mol. The van der Waals surface area contributed by atoms with E-state index in [4.69, 9.17) is 4.74 Å². The van der Waals surface area contributed by atoms with Gasteiger partial charge in [-0.15, -0.1) is 0 Å². The topological polar surface area (TPSA) is 64.3 Å². The van der Waals surface area contributed by atoms with Gasteiger partial charge in [-0.1, -0.05) is 30.3 Å². The molecule has 0 aliphatic heterocycles. The molecule has 3 aromatic rings. The molecule has 0 spiro atoms. The van der Waals surface area contributed by atoms with Crippen LogP contribution in [0.5, 0.6) is 0 Å². The first kappa shape index (κ1) is 14.5. The van der Waals surface area contributed by atoms with E-state index in [0.717, 1.165) is 24.5 Å². The molecule has 2 aromatic heterocycles. The van der Waals surface area contributed by atoms with Crippen molar-refractivity contribution in [1.82, 2.24) is 19.6 Å². The first-order chi connectivity index (χ1) is 10.8. The fraction of sp³-hybridized carbons (Fsp3) is 0.312. The van der Waals surface area contributed by atoms with Crippen LogP contribution in [-0.2, 0) is 11.3 Å². The average molecular weight is 297 g/mol. The molecule has 0 fully saturated rings. The van der Waals surface area contributed by atoms with Gasteiger partial charge < -0.3 is 10.1 Å². The van der Waals surface area contributed by atoms with Crippen LogP contribution in [0.1, 0.15) is 17.7 Å². The quantitative estimate of drug-likeness (QED) is 0.679. The van der Waals surface area contributed by atoms with Crippen molar-refractivity contribution in [1.29, 1.82) is 0 Å². The lowest BCUT2D eigenvalue weighted by atomic mass is 10.2. The highest BCUT2D eigenvalue weighted by Crippen LogP contribution is 2.10. The van der Waals surface area contributed by atoms with Gasteiger partial charge in [-0.05, 0) is 18.9 Å². The zero-order valence-corrected chi connectivity index (χ0v) is 12.6. The second-order valence-corrected chi connectivity index (χ2v) is 5.07. The minimum Gasteiger partial charge on any atom is -0.377 e. The lowest BCUT2D eigenvalue weighted by molar-refractivity contribution is 0.120. The zero-order chi connectivity index (χ0) is 15.2. The maximum Gasteiger partial charge on any atom is 0.254 e. The minimum absolute atomic E-state index is 0.614. The molecular formula is C16H19N5O. The standard InChI is InChI=1S/C16H19N5O/c1-13-10-15(21-16(20-13)18-12-19-21)17-8-5-9-22-11-14-6-3-2-4-7-14/h2-4,6-7,10,12,17H,5,8-9,11H2,1H3. The van der Waals surface area contributed by atoms with Gasteiger partial charge in [0.1, 0.15) is 12.1 Å². The lowest BCUT2D eigenvalue weighted by Crippen LogP contribution is -2.10. The van der Waals surface area contributed by atoms with Gasteiger partial charge in [0.05, 0.1) is 6.61 Å². The molecular weight excluding hydrogens is 278 g/mol. The summed E-state index contributed by atoms with van der Waals surface area (Å²) in [6, 6.07) is 12.2. The number of nitrogens with one attached hydrogen (secondary N) is 1. The normalized spacial score (nSPS) is 11.0. The highest BCUT2D eigenvalue weighted by molar-refractivity contribution is 5.44. The molecule has 2 heterocycles. The number of fused-ring (bicyclic) bond motifs is 1. The Balaban J connectivity index is 1.44. The van der Waals surface area contributed by atoms with Crippen LogP contribution >= 0.6 is 0 Å². The summed E-state index contributed by atoms with van der Waals surface area (Å²) in [6.45, 7) is 4.13. The Bertz CT molecular complexity index is 726. The molecule has 3 rings (SSSR count). The smallest absolute Gasteiger partial charge is 0.254 e. The Morgan fingerprint density at radius 1 is 1.23 bits per heavy atom. The molecule has 6 nitrogen and oxygen atoms in total. The Morgan fingerprint density at radius 2 is 2.09 bits per heavy atom. The molecule has 0 bridgehead atoms. The molecule has 0 atom stereocenters. The van der Waals surface area contributed by atoms with E-state index in [1.807, 2.05) is 31.2 Å². The number of nitrogens with zero attached hydrogens (tertiary/aromatic N) is 4. The van der Waals surface area contributed by atoms with Crippen molar-refractivity contribution in [2.75, 3.05) is 18.5 Å². The second kappa shape index (κ2) is 7.00. The van der Waals surface area contributed by atoms with Gasteiger partial charge in [0, 0.05) is 24.9 Å². The largest absolute Gasteiger partial charge is 0.377 e. The molecule has 0 aliphatic carbocycles. The van der Waals surface area contributed by atoms with E-state index < -0.39 is 0 Å². The van der Waals surface area contributed by atoms with Gasteiger partial charge in [0.2, 0.25) is 0 Å². The Kier molecular flexibility index (Phi) is 4.60. The molecule has 0 radical (unpaired) electrons. The van der Waals surface area contributed by atoms with Crippen molar-refractivity contribution in [3.05, 3.63) is 54.0 Å². The Morgan fingerprint density at radius 3 is 2.95 bits per heavy atom. The Hall–Kier alpha value is -2.47. The van der Waals surface area contributed by atoms with Crippen molar-refractivity contribution in [3.8, 4) is 0 Å². The van der Waals surface area contributed by atoms with E-state index in [0.29, 0.717) is 19.0 Å². The number of hydrogen-bond acceptors (Lipinski definition) is 5. The summed E-state index contributed by atoms with van der Waals surface area (Å²) in [4.78, 5) is 8.42. The van der Waals surface area contributed by atoms with E-state index in [1.165, 1.54) is 11.9 Å². The van der Waals surface area contributed by atoms with Crippen LogP contribution in [0.3, 0.4) is 0 Å². The summed E-state index contributed by atoms with van der Waals surface area (Å²) in [5.74, 6) is 1.52. The zero-order valence-electron chi connectivity index (χ0n) is 12.6. The third-order valence-electron chi connectivity index (χ3n) is 3.26. The van der Waals surface area contributed by atoms with Crippen molar-refractivity contribution < 1.29 is 4.74 Å². The van der Waals surface area contributed by atoms with E-state index in [9.17, 15) is 0 Å². The van der Waals surface area contributed by atoms with Gasteiger partial charge in [-0.3, -0.25) is 0 Å². The fourth-order valence-corrected chi connectivity index (χ4v) is 2.21. The van der Waals surface area contributed by atoms with Gasteiger partial charge in [0.25, 0.3) is 5.78 Å². The van der Waals surface area contributed by atoms with Gasteiger partial charge in [0.15, 0.2) is 0 Å². The molecule has 1 aromatic carbocycles. The maximum absolute atomic E-state index is 5.67. The number of aromatic nitrogens is 4. The van der Waals surface area contributed by atoms with E-state index in [1.54, 1.807) is 4.52 Å². The number of ether oxygens (including phenoxy) is 1. The van der Waals surface area contributed by atoms with E-state index in [2.05, 4.69) is 32.5 Å². The monoisotopic (exact) mass is 297 g/mol. The van der Waals surface area contributed by atoms with Crippen molar-refractivity contribution >= 4 is 11.6 Å². The molecule has 6 heteroatoms. The molecule has 0 saturated carbocycles. The van der Waals surface area contributed by atoms with Crippen molar-refractivity contribution in [3.63, 3.8) is 0 Å². The van der Waals surface area contributed by atoms with Crippen LogP contribution in [-0.4, -0.2) is 32.7 Å². The van der Waals surface area contributed by atoms with Crippen LogP contribution < -0.4 is 5.32 Å². The van der Waals surface area contributed by atoms with Crippen molar-refractivity contribution in [2.45, 2.75) is 20.0 Å².